The number of ether oxygens (including phenoxy) is 1. The van der Waals surface area contributed by atoms with Crippen LogP contribution in [-0.2, 0) is 19.4 Å². The average Bonchev–Trinajstić information content (AvgIpc) is 2.86. The Morgan fingerprint density at radius 2 is 1.77 bits per heavy atom. The van der Waals surface area contributed by atoms with Crippen molar-refractivity contribution in [2.45, 2.75) is 37.7 Å². The summed E-state index contributed by atoms with van der Waals surface area (Å²) in [6.45, 7) is 5.53. The Labute approximate surface area is 153 Å². The molecule has 0 saturated carbocycles. The molecule has 5 nitrogen and oxygen atoms in total. The number of ketones is 1. The Bertz CT molecular complexity index is 1010. The van der Waals surface area contributed by atoms with Crippen LogP contribution in [0.4, 0.5) is 0 Å². The van der Waals surface area contributed by atoms with Gasteiger partial charge in [-0.1, -0.05) is 13.0 Å². The molecule has 1 unspecified atom stereocenters. The minimum Gasteiger partial charge on any atom is -0.478 e. The molecular formula is C20H21NO4S. The van der Waals surface area contributed by atoms with Crippen molar-refractivity contribution in [3.8, 4) is 0 Å². The topological polar surface area (TPSA) is 73.3 Å². The van der Waals surface area contributed by atoms with Crippen molar-refractivity contribution in [1.82, 2.24) is 4.98 Å². The van der Waals surface area contributed by atoms with Gasteiger partial charge < -0.3 is 4.74 Å². The molecule has 6 heteroatoms. The van der Waals surface area contributed by atoms with Crippen LogP contribution in [0.5, 0.6) is 0 Å². The molecule has 0 radical (unpaired) electrons. The minimum absolute atomic E-state index is 0.111. The largest absolute Gasteiger partial charge is 0.478 e. The summed E-state index contributed by atoms with van der Waals surface area (Å²) in [5.41, 5.74) is 1.51. The number of aryl methyl sites for hydroxylation is 1. The first kappa shape index (κ1) is 18.3. The van der Waals surface area contributed by atoms with Crippen LogP contribution in [0.2, 0.25) is 0 Å². The van der Waals surface area contributed by atoms with Crippen LogP contribution in [0.1, 0.15) is 37.2 Å². The molecule has 26 heavy (non-hydrogen) atoms. The molecule has 0 aliphatic carbocycles. The van der Waals surface area contributed by atoms with E-state index in [2.05, 4.69) is 4.98 Å². The summed E-state index contributed by atoms with van der Waals surface area (Å²) >= 11 is 0. The van der Waals surface area contributed by atoms with Gasteiger partial charge in [-0.2, -0.15) is 0 Å². The maximum atomic E-state index is 13.1. The zero-order valence-corrected chi connectivity index (χ0v) is 16.1. The van der Waals surface area contributed by atoms with E-state index in [9.17, 15) is 13.2 Å². The lowest BCUT2D eigenvalue weighted by molar-refractivity contribution is -0.126. The first-order chi connectivity index (χ1) is 12.2. The molecule has 1 aromatic carbocycles. The van der Waals surface area contributed by atoms with E-state index in [1.165, 1.54) is 12.1 Å². The monoisotopic (exact) mass is 371 g/mol. The summed E-state index contributed by atoms with van der Waals surface area (Å²) in [6, 6.07) is 11.9. The molecule has 2 heterocycles. The number of rotatable bonds is 4. The summed E-state index contributed by atoms with van der Waals surface area (Å²) in [7, 11) is -3.29. The summed E-state index contributed by atoms with van der Waals surface area (Å²) in [6.07, 6.45) is 1.68. The molecular weight excluding hydrogens is 350 g/mol. The zero-order chi connectivity index (χ0) is 19.1. The normalized spacial score (nSPS) is 20.4. The number of carbonyl (C=O) groups is 1. The number of sulfone groups is 1. The van der Waals surface area contributed by atoms with E-state index in [0.29, 0.717) is 29.0 Å². The maximum Gasteiger partial charge on any atom is 0.211 e. The van der Waals surface area contributed by atoms with Gasteiger partial charge >= 0.3 is 0 Å². The van der Waals surface area contributed by atoms with Crippen LogP contribution in [-0.4, -0.2) is 31.0 Å². The van der Waals surface area contributed by atoms with E-state index in [1.807, 2.05) is 26.0 Å². The lowest BCUT2D eigenvalue weighted by Gasteiger charge is -2.21. The fraction of sp³-hybridized carbons (Fsp3) is 0.300. The molecule has 1 atom stereocenters. The predicted octanol–water partition coefficient (Wildman–Crippen LogP) is 3.43. The molecule has 2 aromatic rings. The molecule has 0 N–H and O–H groups in total. The number of benzene rings is 1. The highest BCUT2D eigenvalue weighted by Gasteiger charge is 2.45. The van der Waals surface area contributed by atoms with Crippen molar-refractivity contribution in [2.75, 3.05) is 6.26 Å². The van der Waals surface area contributed by atoms with Crippen molar-refractivity contribution >= 4 is 27.0 Å². The summed E-state index contributed by atoms with van der Waals surface area (Å²) < 4.78 is 29.4. The first-order valence-corrected chi connectivity index (χ1v) is 10.3. The van der Waals surface area contributed by atoms with Crippen LogP contribution in [0, 0.1) is 6.92 Å². The van der Waals surface area contributed by atoms with Gasteiger partial charge in [0.2, 0.25) is 5.78 Å². The van der Waals surface area contributed by atoms with Gasteiger partial charge in [-0.15, -0.1) is 0 Å². The van der Waals surface area contributed by atoms with E-state index in [0.717, 1.165) is 11.9 Å². The van der Waals surface area contributed by atoms with E-state index in [4.69, 9.17) is 4.74 Å². The Kier molecular flexibility index (Phi) is 4.48. The van der Waals surface area contributed by atoms with Gasteiger partial charge in [0, 0.05) is 17.5 Å². The highest BCUT2D eigenvalue weighted by molar-refractivity contribution is 7.90. The Hall–Kier alpha value is -2.47. The molecule has 0 spiro atoms. The van der Waals surface area contributed by atoms with E-state index >= 15 is 0 Å². The average molecular weight is 371 g/mol. The third-order valence-electron chi connectivity index (χ3n) is 4.63. The second-order valence-electron chi connectivity index (χ2n) is 6.68. The van der Waals surface area contributed by atoms with Crippen LogP contribution in [0.15, 0.2) is 47.4 Å². The first-order valence-electron chi connectivity index (χ1n) is 8.38. The molecule has 1 aliphatic rings. The van der Waals surface area contributed by atoms with Crippen molar-refractivity contribution in [2.24, 2.45) is 0 Å². The Balaban J connectivity index is 2.18. The van der Waals surface area contributed by atoms with Crippen LogP contribution in [0.25, 0.3) is 11.3 Å². The van der Waals surface area contributed by atoms with Crippen LogP contribution < -0.4 is 0 Å². The molecule has 1 aliphatic heterocycles. The number of hydrogen-bond donors (Lipinski definition) is 0. The smallest absolute Gasteiger partial charge is 0.211 e. The number of carbonyl (C=O) groups excluding carboxylic acids is 1. The number of hydrogen-bond acceptors (Lipinski definition) is 5. The molecule has 0 bridgehead atoms. The van der Waals surface area contributed by atoms with E-state index in [-0.39, 0.29) is 10.7 Å². The lowest BCUT2D eigenvalue weighted by atomic mass is 9.92. The Morgan fingerprint density at radius 3 is 2.31 bits per heavy atom. The van der Waals surface area contributed by atoms with Gasteiger partial charge in [0.15, 0.2) is 15.4 Å². The van der Waals surface area contributed by atoms with Gasteiger partial charge in [-0.05, 0) is 56.7 Å². The number of pyridine rings is 1. The summed E-state index contributed by atoms with van der Waals surface area (Å²) in [4.78, 5) is 17.8. The number of Topliss-reactive ketones (excluding diaryl/α,β-unsaturated/α-hetero) is 1. The van der Waals surface area contributed by atoms with Crippen molar-refractivity contribution in [3.63, 3.8) is 0 Å². The summed E-state index contributed by atoms with van der Waals surface area (Å²) in [5.74, 6) is 0.331. The minimum atomic E-state index is -3.29. The highest BCUT2D eigenvalue weighted by atomic mass is 32.2. The predicted molar refractivity (Wildman–Crippen MR) is 100 cm³/mol. The Morgan fingerprint density at radius 1 is 1.12 bits per heavy atom. The third kappa shape index (κ3) is 3.17. The zero-order valence-electron chi connectivity index (χ0n) is 15.2. The van der Waals surface area contributed by atoms with Crippen molar-refractivity contribution < 1.29 is 17.9 Å². The second kappa shape index (κ2) is 6.36. The molecule has 0 saturated heterocycles. The SMILES string of the molecule is CCC1(C)OC(c2ccc(S(C)(=O)=O)cc2)=C(c2cccc(C)n2)C1=O. The van der Waals surface area contributed by atoms with Gasteiger partial charge in [0.1, 0.15) is 5.76 Å². The quantitative estimate of drug-likeness (QED) is 0.823. The molecule has 1 aromatic heterocycles. The molecule has 3 rings (SSSR count). The van der Waals surface area contributed by atoms with Gasteiger partial charge in [-0.25, -0.2) is 8.42 Å². The lowest BCUT2D eigenvalue weighted by Crippen LogP contribution is -2.32. The molecule has 136 valence electrons. The molecule has 0 amide bonds. The van der Waals surface area contributed by atoms with E-state index < -0.39 is 15.4 Å². The van der Waals surface area contributed by atoms with Crippen LogP contribution >= 0.6 is 0 Å². The molecule has 0 fully saturated rings. The van der Waals surface area contributed by atoms with Crippen molar-refractivity contribution in [3.05, 3.63) is 59.4 Å². The van der Waals surface area contributed by atoms with Gasteiger partial charge in [0.25, 0.3) is 0 Å². The van der Waals surface area contributed by atoms with Crippen LogP contribution in [0.3, 0.4) is 0 Å². The number of aromatic nitrogens is 1. The van der Waals surface area contributed by atoms with Gasteiger partial charge in [-0.3, -0.25) is 9.78 Å². The summed E-state index contributed by atoms with van der Waals surface area (Å²) in [5, 5.41) is 0. The van der Waals surface area contributed by atoms with Gasteiger partial charge in [0.05, 0.1) is 16.2 Å². The highest BCUT2D eigenvalue weighted by Crippen LogP contribution is 2.42. The standard InChI is InChI=1S/C20H21NO4S/c1-5-20(3)19(22)17(16-8-6-7-13(2)21-16)18(25-20)14-9-11-15(12-10-14)26(4,23)24/h6-12H,5H2,1-4H3. The van der Waals surface area contributed by atoms with E-state index in [1.54, 1.807) is 25.1 Å². The number of nitrogens with zero attached hydrogens (tertiary/aromatic N) is 1. The van der Waals surface area contributed by atoms with Crippen molar-refractivity contribution in [1.29, 1.82) is 0 Å². The maximum absolute atomic E-state index is 13.1. The third-order valence-corrected chi connectivity index (χ3v) is 5.75. The fourth-order valence-corrected chi connectivity index (χ4v) is 3.53. The fourth-order valence-electron chi connectivity index (χ4n) is 2.89. The second-order valence-corrected chi connectivity index (χ2v) is 8.70.